The Bertz CT molecular complexity index is 330. The predicted molar refractivity (Wildman–Crippen MR) is 74.3 cm³/mol. The minimum Gasteiger partial charge on any atom is -0.544 e. The second-order valence-electron chi connectivity index (χ2n) is 6.38. The Kier molecular flexibility index (Phi) is 3.74. The molecule has 0 saturated heterocycles. The van der Waals surface area contributed by atoms with Crippen LogP contribution in [0.4, 0.5) is 0 Å². The summed E-state index contributed by atoms with van der Waals surface area (Å²) in [6.07, 6.45) is 3.05. The molecule has 92 valence electrons. The molecule has 0 aromatic carbocycles. The maximum Gasteiger partial charge on any atom is 0.242 e. The molecule has 0 atom stereocenters. The van der Waals surface area contributed by atoms with Gasteiger partial charge in [0.15, 0.2) is 0 Å². The minimum atomic E-state index is -1.54. The van der Waals surface area contributed by atoms with Crippen molar-refractivity contribution in [3.63, 3.8) is 0 Å². The maximum absolute atomic E-state index is 6.09. The van der Waals surface area contributed by atoms with Crippen LogP contribution in [0, 0.1) is 0 Å². The van der Waals surface area contributed by atoms with Gasteiger partial charge in [0.1, 0.15) is 11.5 Å². The first-order valence-corrected chi connectivity index (χ1v) is 12.7. The molecule has 0 spiro atoms. The number of allylic oxidation sites excluding steroid dienone is 2. The van der Waals surface area contributed by atoms with E-state index in [4.69, 9.17) is 8.85 Å². The molecule has 16 heavy (non-hydrogen) atoms. The summed E-state index contributed by atoms with van der Waals surface area (Å²) >= 11 is 0. The van der Waals surface area contributed by atoms with Gasteiger partial charge in [-0.1, -0.05) is 5.57 Å². The van der Waals surface area contributed by atoms with Crippen molar-refractivity contribution in [1.29, 1.82) is 0 Å². The van der Waals surface area contributed by atoms with Gasteiger partial charge < -0.3 is 8.85 Å². The van der Waals surface area contributed by atoms with E-state index in [9.17, 15) is 0 Å². The van der Waals surface area contributed by atoms with Gasteiger partial charge in [-0.05, 0) is 52.3 Å². The molecule has 0 aromatic rings. The molecule has 0 N–H and O–H groups in total. The topological polar surface area (TPSA) is 18.5 Å². The molecule has 4 heteroatoms. The highest BCUT2D eigenvalue weighted by atomic mass is 28.4. The van der Waals surface area contributed by atoms with Crippen molar-refractivity contribution in [3.8, 4) is 0 Å². The number of rotatable bonds is 4. The summed E-state index contributed by atoms with van der Waals surface area (Å²) in [6.45, 7) is 15.4. The Morgan fingerprint density at radius 3 is 1.88 bits per heavy atom. The van der Waals surface area contributed by atoms with Crippen LogP contribution in [-0.2, 0) is 8.85 Å². The lowest BCUT2D eigenvalue weighted by atomic mass is 10.3. The zero-order valence-corrected chi connectivity index (χ0v) is 13.6. The summed E-state index contributed by atoms with van der Waals surface area (Å²) in [6, 6.07) is 0. The smallest absolute Gasteiger partial charge is 0.242 e. The molecule has 1 aliphatic carbocycles. The first-order chi connectivity index (χ1) is 7.07. The second-order valence-corrected chi connectivity index (χ2v) is 15.2. The van der Waals surface area contributed by atoms with E-state index in [0.717, 1.165) is 17.9 Å². The highest BCUT2D eigenvalue weighted by Gasteiger charge is 2.26. The van der Waals surface area contributed by atoms with Gasteiger partial charge >= 0.3 is 0 Å². The third-order valence-corrected chi connectivity index (χ3v) is 3.63. The van der Waals surface area contributed by atoms with Crippen molar-refractivity contribution < 1.29 is 8.85 Å². The highest BCUT2D eigenvalue weighted by molar-refractivity contribution is 6.70. The quantitative estimate of drug-likeness (QED) is 0.700. The van der Waals surface area contributed by atoms with Crippen molar-refractivity contribution in [2.75, 3.05) is 0 Å². The number of hydrogen-bond donors (Lipinski definition) is 0. The minimum absolute atomic E-state index is 0.921. The molecule has 1 rings (SSSR count). The van der Waals surface area contributed by atoms with E-state index in [2.05, 4.69) is 52.3 Å². The normalized spacial score (nSPS) is 17.6. The average molecular weight is 256 g/mol. The molecule has 0 saturated carbocycles. The molecule has 0 unspecified atom stereocenters. The highest BCUT2D eigenvalue weighted by Crippen LogP contribution is 2.31. The fraction of sp³-hybridized carbons (Fsp3) is 0.667. The van der Waals surface area contributed by atoms with Crippen LogP contribution >= 0.6 is 0 Å². The van der Waals surface area contributed by atoms with E-state index < -0.39 is 16.6 Å². The molecule has 0 fully saturated rings. The molecule has 0 aromatic heterocycles. The van der Waals surface area contributed by atoms with Gasteiger partial charge in [0.2, 0.25) is 16.6 Å². The Morgan fingerprint density at radius 1 is 0.938 bits per heavy atom. The molecule has 1 aliphatic rings. The van der Waals surface area contributed by atoms with E-state index >= 15 is 0 Å². The Hall–Kier alpha value is -0.486. The van der Waals surface area contributed by atoms with Gasteiger partial charge in [-0.15, -0.1) is 0 Å². The second kappa shape index (κ2) is 4.41. The van der Waals surface area contributed by atoms with E-state index in [1.807, 2.05) is 0 Å². The zero-order chi connectivity index (χ0) is 12.6. The Morgan fingerprint density at radius 2 is 1.44 bits per heavy atom. The van der Waals surface area contributed by atoms with Crippen LogP contribution < -0.4 is 0 Å². The van der Waals surface area contributed by atoms with Gasteiger partial charge in [-0.25, -0.2) is 0 Å². The van der Waals surface area contributed by atoms with Crippen molar-refractivity contribution in [1.82, 2.24) is 0 Å². The number of hydrogen-bond acceptors (Lipinski definition) is 2. The molecular weight excluding hydrogens is 232 g/mol. The van der Waals surface area contributed by atoms with E-state index in [0.29, 0.717) is 0 Å². The van der Waals surface area contributed by atoms with Gasteiger partial charge in [-0.2, -0.15) is 0 Å². The van der Waals surface area contributed by atoms with Crippen molar-refractivity contribution >= 4 is 16.6 Å². The van der Waals surface area contributed by atoms with Crippen LogP contribution in [0.25, 0.3) is 0 Å². The van der Waals surface area contributed by atoms with Crippen LogP contribution in [0.5, 0.6) is 0 Å². The average Bonchev–Trinajstić information content (AvgIpc) is 2.23. The van der Waals surface area contributed by atoms with Gasteiger partial charge in [0.25, 0.3) is 0 Å². The van der Waals surface area contributed by atoms with E-state index in [1.165, 1.54) is 5.57 Å². The molecular formula is C12H24O2Si2. The largest absolute Gasteiger partial charge is 0.544 e. The molecule has 0 aliphatic heterocycles. The van der Waals surface area contributed by atoms with E-state index in [1.54, 1.807) is 0 Å². The molecule has 0 heterocycles. The van der Waals surface area contributed by atoms with E-state index in [-0.39, 0.29) is 0 Å². The molecule has 0 radical (unpaired) electrons. The van der Waals surface area contributed by atoms with Crippen molar-refractivity contribution in [2.24, 2.45) is 0 Å². The molecule has 0 amide bonds. The first-order valence-electron chi connectivity index (χ1n) is 5.85. The lowest BCUT2D eigenvalue weighted by Gasteiger charge is -2.25. The summed E-state index contributed by atoms with van der Waals surface area (Å²) in [5, 5.41) is 0. The fourth-order valence-corrected chi connectivity index (χ4v) is 3.31. The molecule has 2 nitrogen and oxygen atoms in total. The molecule has 0 bridgehead atoms. The summed E-state index contributed by atoms with van der Waals surface area (Å²) in [5.74, 6) is 2.04. The third-order valence-electron chi connectivity index (χ3n) is 1.94. The lowest BCUT2D eigenvalue weighted by Crippen LogP contribution is -2.28. The summed E-state index contributed by atoms with van der Waals surface area (Å²) in [5.41, 5.74) is 1.33. The van der Waals surface area contributed by atoms with Crippen LogP contribution in [0.2, 0.25) is 39.3 Å². The first kappa shape index (κ1) is 13.6. The van der Waals surface area contributed by atoms with Crippen LogP contribution in [0.3, 0.4) is 0 Å². The Labute approximate surface area is 102 Å². The van der Waals surface area contributed by atoms with Gasteiger partial charge in [-0.3, -0.25) is 0 Å². The standard InChI is InChI=1S/C12H24O2Si2/c1-10-8-11(13-15(2,3)4)12(9-10)14-16(5,6)7/h8H,9H2,1-7H3. The zero-order valence-electron chi connectivity index (χ0n) is 11.6. The summed E-state index contributed by atoms with van der Waals surface area (Å²) < 4.78 is 12.2. The van der Waals surface area contributed by atoms with Gasteiger partial charge in [0.05, 0.1) is 0 Å². The monoisotopic (exact) mass is 256 g/mol. The predicted octanol–water partition coefficient (Wildman–Crippen LogP) is 4.25. The fourth-order valence-electron chi connectivity index (χ4n) is 1.57. The van der Waals surface area contributed by atoms with Crippen LogP contribution in [0.15, 0.2) is 23.2 Å². The van der Waals surface area contributed by atoms with Crippen LogP contribution in [-0.4, -0.2) is 16.6 Å². The maximum atomic E-state index is 6.09. The van der Waals surface area contributed by atoms with Crippen molar-refractivity contribution in [2.45, 2.75) is 52.6 Å². The van der Waals surface area contributed by atoms with Crippen molar-refractivity contribution in [3.05, 3.63) is 23.2 Å². The van der Waals surface area contributed by atoms with Gasteiger partial charge in [0, 0.05) is 6.42 Å². The lowest BCUT2D eigenvalue weighted by molar-refractivity contribution is 0.352. The van der Waals surface area contributed by atoms with Crippen LogP contribution in [0.1, 0.15) is 13.3 Å². The Balaban J connectivity index is 2.84. The SMILES string of the molecule is CC1=CC(O[Si](C)(C)C)=C(O[Si](C)(C)C)C1. The third kappa shape index (κ3) is 4.57. The summed E-state index contributed by atoms with van der Waals surface area (Å²) in [4.78, 5) is 0. The summed E-state index contributed by atoms with van der Waals surface area (Å²) in [7, 11) is -3.06.